The summed E-state index contributed by atoms with van der Waals surface area (Å²) in [5.74, 6) is 1.48. The van der Waals surface area contributed by atoms with Gasteiger partial charge in [0.25, 0.3) is 0 Å². The van der Waals surface area contributed by atoms with E-state index in [0.717, 1.165) is 12.8 Å². The number of ether oxygens (including phenoxy) is 2. The van der Waals surface area contributed by atoms with Gasteiger partial charge in [-0.1, -0.05) is 19.3 Å². The molecule has 0 aliphatic heterocycles. The Kier molecular flexibility index (Phi) is 4.79. The van der Waals surface area contributed by atoms with E-state index in [0.29, 0.717) is 17.7 Å². The summed E-state index contributed by atoms with van der Waals surface area (Å²) in [6.45, 7) is 0. The monoisotopic (exact) mass is 266 g/mol. The zero-order chi connectivity index (χ0) is 13.7. The third-order valence-electron chi connectivity index (χ3n) is 3.48. The SMILES string of the molecule is COc1cc(OC)nc(NC2CCCCCC2N)n1. The summed E-state index contributed by atoms with van der Waals surface area (Å²) in [7, 11) is 3.14. The van der Waals surface area contributed by atoms with Crippen LogP contribution < -0.4 is 20.5 Å². The second-order valence-corrected chi connectivity index (χ2v) is 4.83. The van der Waals surface area contributed by atoms with Crippen LogP contribution in [0.4, 0.5) is 5.95 Å². The molecule has 2 atom stereocenters. The summed E-state index contributed by atoms with van der Waals surface area (Å²) in [6.07, 6.45) is 5.71. The van der Waals surface area contributed by atoms with Gasteiger partial charge in [-0.05, 0) is 12.8 Å². The molecular weight excluding hydrogens is 244 g/mol. The molecule has 3 N–H and O–H groups in total. The molecule has 2 rings (SSSR count). The summed E-state index contributed by atoms with van der Waals surface area (Å²) in [4.78, 5) is 8.56. The number of methoxy groups -OCH3 is 2. The Hall–Kier alpha value is -1.56. The lowest BCUT2D eigenvalue weighted by molar-refractivity contribution is 0.372. The van der Waals surface area contributed by atoms with Crippen LogP contribution in [0.15, 0.2) is 6.07 Å². The molecule has 0 saturated heterocycles. The van der Waals surface area contributed by atoms with Crippen molar-refractivity contribution in [3.05, 3.63) is 6.07 Å². The van der Waals surface area contributed by atoms with Gasteiger partial charge < -0.3 is 20.5 Å². The molecule has 0 bridgehead atoms. The minimum atomic E-state index is 0.142. The first kappa shape index (κ1) is 13.9. The molecule has 0 aromatic carbocycles. The van der Waals surface area contributed by atoms with Crippen molar-refractivity contribution in [3.63, 3.8) is 0 Å². The van der Waals surface area contributed by atoms with Gasteiger partial charge >= 0.3 is 0 Å². The number of rotatable bonds is 4. The van der Waals surface area contributed by atoms with Gasteiger partial charge in [0.1, 0.15) is 0 Å². The fourth-order valence-electron chi connectivity index (χ4n) is 2.36. The van der Waals surface area contributed by atoms with E-state index in [1.54, 1.807) is 20.3 Å². The average molecular weight is 266 g/mol. The van der Waals surface area contributed by atoms with Crippen LogP contribution >= 0.6 is 0 Å². The number of aromatic nitrogens is 2. The molecule has 1 aromatic rings. The van der Waals surface area contributed by atoms with E-state index in [1.165, 1.54) is 19.3 Å². The van der Waals surface area contributed by atoms with Gasteiger partial charge in [0.2, 0.25) is 17.7 Å². The lowest BCUT2D eigenvalue weighted by Crippen LogP contribution is -2.39. The van der Waals surface area contributed by atoms with E-state index < -0.39 is 0 Å². The van der Waals surface area contributed by atoms with Crippen molar-refractivity contribution < 1.29 is 9.47 Å². The van der Waals surface area contributed by atoms with Crippen LogP contribution in [0, 0.1) is 0 Å². The molecule has 1 saturated carbocycles. The zero-order valence-electron chi connectivity index (χ0n) is 11.6. The van der Waals surface area contributed by atoms with Gasteiger partial charge in [0.05, 0.1) is 20.3 Å². The molecule has 1 aromatic heterocycles. The molecular formula is C13H22N4O2. The van der Waals surface area contributed by atoms with Crippen LogP contribution in [0.2, 0.25) is 0 Å². The fourth-order valence-corrected chi connectivity index (χ4v) is 2.36. The van der Waals surface area contributed by atoms with E-state index in [1.807, 2.05) is 0 Å². The maximum atomic E-state index is 6.19. The van der Waals surface area contributed by atoms with Crippen LogP contribution in [0.25, 0.3) is 0 Å². The molecule has 1 heterocycles. The van der Waals surface area contributed by atoms with Gasteiger partial charge in [-0.3, -0.25) is 0 Å². The van der Waals surface area contributed by atoms with Crippen molar-refractivity contribution in [3.8, 4) is 11.8 Å². The van der Waals surface area contributed by atoms with Gasteiger partial charge in [-0.15, -0.1) is 0 Å². The largest absolute Gasteiger partial charge is 0.481 e. The predicted octanol–water partition coefficient (Wildman–Crippen LogP) is 1.57. The number of nitrogens with two attached hydrogens (primary N) is 1. The van der Waals surface area contributed by atoms with Crippen molar-refractivity contribution in [1.29, 1.82) is 0 Å². The molecule has 0 radical (unpaired) electrons. The molecule has 6 heteroatoms. The number of anilines is 1. The quantitative estimate of drug-likeness (QED) is 0.805. The lowest BCUT2D eigenvalue weighted by atomic mass is 10.0. The fraction of sp³-hybridized carbons (Fsp3) is 0.692. The molecule has 19 heavy (non-hydrogen) atoms. The number of hydrogen-bond donors (Lipinski definition) is 2. The highest BCUT2D eigenvalue weighted by Gasteiger charge is 2.21. The Bertz CT molecular complexity index is 391. The topological polar surface area (TPSA) is 82.3 Å². The Morgan fingerprint density at radius 2 is 1.74 bits per heavy atom. The van der Waals surface area contributed by atoms with E-state index >= 15 is 0 Å². The van der Waals surface area contributed by atoms with Crippen molar-refractivity contribution in [2.24, 2.45) is 5.73 Å². The standard InChI is InChI=1S/C13H22N4O2/c1-18-11-8-12(19-2)17-13(16-11)15-10-7-5-3-4-6-9(10)14/h8-10H,3-7,14H2,1-2H3,(H,15,16,17). The van der Waals surface area contributed by atoms with Gasteiger partial charge in [-0.2, -0.15) is 9.97 Å². The van der Waals surface area contributed by atoms with Gasteiger partial charge in [-0.25, -0.2) is 0 Å². The molecule has 0 amide bonds. The van der Waals surface area contributed by atoms with Crippen LogP contribution in [-0.4, -0.2) is 36.3 Å². The van der Waals surface area contributed by atoms with Crippen LogP contribution in [0.3, 0.4) is 0 Å². The first-order valence-corrected chi connectivity index (χ1v) is 6.72. The summed E-state index contributed by atoms with van der Waals surface area (Å²) in [5.41, 5.74) is 6.19. The lowest BCUT2D eigenvalue weighted by Gasteiger charge is -2.22. The summed E-state index contributed by atoms with van der Waals surface area (Å²) in [5, 5.41) is 3.31. The minimum absolute atomic E-state index is 0.142. The summed E-state index contributed by atoms with van der Waals surface area (Å²) >= 11 is 0. The maximum Gasteiger partial charge on any atom is 0.229 e. The van der Waals surface area contributed by atoms with E-state index in [4.69, 9.17) is 15.2 Å². The van der Waals surface area contributed by atoms with Crippen molar-refractivity contribution in [2.75, 3.05) is 19.5 Å². The molecule has 1 fully saturated rings. The van der Waals surface area contributed by atoms with E-state index in [-0.39, 0.29) is 12.1 Å². The normalized spacial score (nSPS) is 23.5. The first-order valence-electron chi connectivity index (χ1n) is 6.72. The highest BCUT2D eigenvalue weighted by atomic mass is 16.5. The molecule has 1 aliphatic rings. The Morgan fingerprint density at radius 3 is 2.37 bits per heavy atom. The first-order chi connectivity index (χ1) is 9.22. The third kappa shape index (κ3) is 3.70. The average Bonchev–Trinajstić information content (AvgIpc) is 2.63. The Balaban J connectivity index is 2.12. The predicted molar refractivity (Wildman–Crippen MR) is 73.6 cm³/mol. The Morgan fingerprint density at radius 1 is 1.11 bits per heavy atom. The van der Waals surface area contributed by atoms with Gasteiger partial charge in [0.15, 0.2) is 0 Å². The van der Waals surface area contributed by atoms with E-state index in [2.05, 4.69) is 15.3 Å². The van der Waals surface area contributed by atoms with Crippen LogP contribution in [0.1, 0.15) is 32.1 Å². The number of nitrogens with one attached hydrogen (secondary N) is 1. The number of nitrogens with zero attached hydrogens (tertiary/aromatic N) is 2. The highest BCUT2D eigenvalue weighted by molar-refractivity contribution is 5.35. The summed E-state index contributed by atoms with van der Waals surface area (Å²) in [6, 6.07) is 2.00. The molecule has 0 spiro atoms. The summed E-state index contributed by atoms with van der Waals surface area (Å²) < 4.78 is 10.3. The molecule has 106 valence electrons. The molecule has 2 unspecified atom stereocenters. The van der Waals surface area contributed by atoms with Gasteiger partial charge in [0, 0.05) is 12.1 Å². The van der Waals surface area contributed by atoms with Crippen LogP contribution in [-0.2, 0) is 0 Å². The Labute approximate surface area is 113 Å². The molecule has 1 aliphatic carbocycles. The van der Waals surface area contributed by atoms with E-state index in [9.17, 15) is 0 Å². The van der Waals surface area contributed by atoms with Crippen LogP contribution in [0.5, 0.6) is 11.8 Å². The number of hydrogen-bond acceptors (Lipinski definition) is 6. The van der Waals surface area contributed by atoms with Crippen molar-refractivity contribution in [2.45, 2.75) is 44.2 Å². The maximum absolute atomic E-state index is 6.19. The van der Waals surface area contributed by atoms with Crippen molar-refractivity contribution in [1.82, 2.24) is 9.97 Å². The van der Waals surface area contributed by atoms with Crippen molar-refractivity contribution >= 4 is 5.95 Å². The second-order valence-electron chi connectivity index (χ2n) is 4.83. The minimum Gasteiger partial charge on any atom is -0.481 e. The molecule has 6 nitrogen and oxygen atoms in total. The smallest absolute Gasteiger partial charge is 0.229 e. The zero-order valence-corrected chi connectivity index (χ0v) is 11.6. The third-order valence-corrected chi connectivity index (χ3v) is 3.48. The highest BCUT2D eigenvalue weighted by Crippen LogP contribution is 2.22. The second kappa shape index (κ2) is 6.56.